The number of thiophene rings is 1. The third-order valence-corrected chi connectivity index (χ3v) is 4.56. The van der Waals surface area contributed by atoms with Gasteiger partial charge in [-0.1, -0.05) is 30.1 Å². The second-order valence-corrected chi connectivity index (χ2v) is 5.77. The Morgan fingerprint density at radius 3 is 2.67 bits per heavy atom. The van der Waals surface area contributed by atoms with E-state index in [0.29, 0.717) is 21.2 Å². The van der Waals surface area contributed by atoms with Gasteiger partial charge < -0.3 is 5.73 Å². The van der Waals surface area contributed by atoms with Crippen molar-refractivity contribution < 1.29 is 4.79 Å². The summed E-state index contributed by atoms with van der Waals surface area (Å²) in [5.41, 5.74) is 6.47. The van der Waals surface area contributed by atoms with Gasteiger partial charge in [-0.05, 0) is 30.7 Å². The minimum atomic E-state index is -0.140. The predicted molar refractivity (Wildman–Crippen MR) is 78.0 cm³/mol. The van der Waals surface area contributed by atoms with E-state index in [2.05, 4.69) is 0 Å². The van der Waals surface area contributed by atoms with E-state index < -0.39 is 0 Å². The molecule has 0 aliphatic carbocycles. The van der Waals surface area contributed by atoms with Crippen molar-refractivity contribution in [2.45, 2.75) is 13.3 Å². The molecule has 0 aliphatic heterocycles. The van der Waals surface area contributed by atoms with E-state index in [1.54, 1.807) is 12.1 Å². The van der Waals surface area contributed by atoms with Crippen molar-refractivity contribution in [1.29, 1.82) is 0 Å². The average Bonchev–Trinajstić information content (AvgIpc) is 2.81. The first-order chi connectivity index (χ1) is 8.52. The van der Waals surface area contributed by atoms with Crippen LogP contribution in [-0.2, 0) is 6.42 Å². The second-order valence-electron chi connectivity index (χ2n) is 3.81. The largest absolute Gasteiger partial charge is 0.399 e. The van der Waals surface area contributed by atoms with Gasteiger partial charge in [0.1, 0.15) is 0 Å². The van der Waals surface area contributed by atoms with Crippen molar-refractivity contribution in [2.24, 2.45) is 0 Å². The number of rotatable bonds is 3. The van der Waals surface area contributed by atoms with Gasteiger partial charge in [0.15, 0.2) is 0 Å². The Labute approximate surface area is 119 Å². The summed E-state index contributed by atoms with van der Waals surface area (Å²) in [6.45, 7) is 2.05. The van der Waals surface area contributed by atoms with E-state index in [1.165, 1.54) is 17.4 Å². The maximum absolute atomic E-state index is 12.3. The lowest BCUT2D eigenvalue weighted by Crippen LogP contribution is -2.01. The molecule has 2 aromatic rings. The molecule has 2 N–H and O–H groups in total. The second kappa shape index (κ2) is 5.31. The van der Waals surface area contributed by atoms with Crippen LogP contribution in [0.2, 0.25) is 10.0 Å². The van der Waals surface area contributed by atoms with E-state index in [9.17, 15) is 4.79 Å². The summed E-state index contributed by atoms with van der Waals surface area (Å²) in [5, 5.41) is 0.551. The van der Waals surface area contributed by atoms with E-state index in [-0.39, 0.29) is 10.8 Å². The first-order valence-corrected chi connectivity index (χ1v) is 6.98. The topological polar surface area (TPSA) is 43.1 Å². The van der Waals surface area contributed by atoms with Crippen LogP contribution in [-0.4, -0.2) is 5.78 Å². The number of benzene rings is 1. The van der Waals surface area contributed by atoms with Gasteiger partial charge in [0.2, 0.25) is 5.78 Å². The van der Waals surface area contributed by atoms with Crippen molar-refractivity contribution >= 4 is 46.0 Å². The van der Waals surface area contributed by atoms with Gasteiger partial charge in [0, 0.05) is 16.1 Å². The molecule has 1 aromatic heterocycles. The first-order valence-electron chi connectivity index (χ1n) is 5.41. The molecule has 1 heterocycles. The molecular formula is C13H11Cl2NOS. The van der Waals surface area contributed by atoms with Crippen molar-refractivity contribution in [3.63, 3.8) is 0 Å². The van der Waals surface area contributed by atoms with Crippen LogP contribution in [0.4, 0.5) is 5.69 Å². The number of aryl methyl sites for hydroxylation is 1. The summed E-state index contributed by atoms with van der Waals surface area (Å²) < 4.78 is 0. The Bertz CT molecular complexity index is 607. The molecule has 0 spiro atoms. The van der Waals surface area contributed by atoms with Crippen LogP contribution in [0.1, 0.15) is 27.0 Å². The number of hydrogen-bond donors (Lipinski definition) is 1. The molecular weight excluding hydrogens is 289 g/mol. The van der Waals surface area contributed by atoms with Crippen molar-refractivity contribution in [2.75, 3.05) is 5.73 Å². The Balaban J connectivity index is 2.45. The average molecular weight is 300 g/mol. The Hall–Kier alpha value is -1.03. The zero-order valence-corrected chi connectivity index (χ0v) is 12.0. The monoisotopic (exact) mass is 299 g/mol. The molecule has 0 amide bonds. The highest BCUT2D eigenvalue weighted by molar-refractivity contribution is 7.14. The SMILES string of the molecule is CCc1ccc(C(=O)c2cc(N)cc(Cl)c2Cl)s1. The first kappa shape index (κ1) is 13.4. The minimum absolute atomic E-state index is 0.140. The molecule has 0 aliphatic rings. The van der Waals surface area contributed by atoms with Gasteiger partial charge in [0.25, 0.3) is 0 Å². The number of nitrogens with two attached hydrogens (primary N) is 1. The lowest BCUT2D eigenvalue weighted by atomic mass is 10.1. The lowest BCUT2D eigenvalue weighted by molar-refractivity contribution is 0.104. The van der Waals surface area contributed by atoms with E-state index >= 15 is 0 Å². The van der Waals surface area contributed by atoms with Crippen LogP contribution >= 0.6 is 34.5 Å². The zero-order chi connectivity index (χ0) is 13.3. The normalized spacial score (nSPS) is 10.6. The van der Waals surface area contributed by atoms with Crippen LogP contribution in [0.3, 0.4) is 0 Å². The molecule has 0 saturated carbocycles. The fourth-order valence-corrected chi connectivity index (χ4v) is 2.92. The fraction of sp³-hybridized carbons (Fsp3) is 0.154. The quantitative estimate of drug-likeness (QED) is 0.673. The molecule has 0 bridgehead atoms. The van der Waals surface area contributed by atoms with Gasteiger partial charge in [-0.3, -0.25) is 4.79 Å². The molecule has 2 rings (SSSR count). The van der Waals surface area contributed by atoms with Gasteiger partial charge in [-0.25, -0.2) is 0 Å². The molecule has 94 valence electrons. The van der Waals surface area contributed by atoms with E-state index in [4.69, 9.17) is 28.9 Å². The fourth-order valence-electron chi connectivity index (χ4n) is 1.60. The summed E-state index contributed by atoms with van der Waals surface area (Å²) in [6, 6.07) is 6.84. The van der Waals surface area contributed by atoms with Crippen LogP contribution in [0.25, 0.3) is 0 Å². The number of carbonyl (C=O) groups excluding carboxylic acids is 1. The highest BCUT2D eigenvalue weighted by Gasteiger charge is 2.17. The molecule has 1 aromatic carbocycles. The van der Waals surface area contributed by atoms with Gasteiger partial charge in [-0.15, -0.1) is 11.3 Å². The summed E-state index contributed by atoms with van der Waals surface area (Å²) >= 11 is 13.4. The molecule has 0 radical (unpaired) electrons. The number of halogens is 2. The molecule has 2 nitrogen and oxygen atoms in total. The number of ketones is 1. The Kier molecular flexibility index (Phi) is 3.95. The number of carbonyl (C=O) groups is 1. The van der Waals surface area contributed by atoms with Crippen LogP contribution in [0.5, 0.6) is 0 Å². The van der Waals surface area contributed by atoms with Crippen LogP contribution in [0, 0.1) is 0 Å². The Morgan fingerprint density at radius 2 is 2.06 bits per heavy atom. The van der Waals surface area contributed by atoms with Crippen molar-refractivity contribution in [3.05, 3.63) is 49.6 Å². The molecule has 0 atom stereocenters. The highest BCUT2D eigenvalue weighted by Crippen LogP contribution is 2.31. The van der Waals surface area contributed by atoms with Crippen LogP contribution in [0.15, 0.2) is 24.3 Å². The number of nitrogen functional groups attached to an aromatic ring is 1. The van der Waals surface area contributed by atoms with Crippen molar-refractivity contribution in [1.82, 2.24) is 0 Å². The van der Waals surface area contributed by atoms with E-state index in [1.807, 2.05) is 13.0 Å². The smallest absolute Gasteiger partial charge is 0.204 e. The molecule has 18 heavy (non-hydrogen) atoms. The van der Waals surface area contributed by atoms with Gasteiger partial charge in [-0.2, -0.15) is 0 Å². The van der Waals surface area contributed by atoms with Gasteiger partial charge in [0.05, 0.1) is 14.9 Å². The molecule has 0 unspecified atom stereocenters. The summed E-state index contributed by atoms with van der Waals surface area (Å²) in [5.74, 6) is -0.140. The van der Waals surface area contributed by atoms with Gasteiger partial charge >= 0.3 is 0 Å². The summed E-state index contributed by atoms with van der Waals surface area (Å²) in [7, 11) is 0. The molecule has 5 heteroatoms. The third kappa shape index (κ3) is 2.53. The third-order valence-electron chi connectivity index (χ3n) is 2.53. The van der Waals surface area contributed by atoms with Crippen LogP contribution < -0.4 is 5.73 Å². The maximum Gasteiger partial charge on any atom is 0.204 e. The Morgan fingerprint density at radius 1 is 1.33 bits per heavy atom. The minimum Gasteiger partial charge on any atom is -0.399 e. The lowest BCUT2D eigenvalue weighted by Gasteiger charge is -2.05. The van der Waals surface area contributed by atoms with E-state index in [0.717, 1.165) is 11.3 Å². The highest BCUT2D eigenvalue weighted by atomic mass is 35.5. The standard InChI is InChI=1S/C13H11Cl2NOS/c1-2-8-3-4-11(18-8)13(17)9-5-7(16)6-10(14)12(9)15/h3-6H,2,16H2,1H3. The number of anilines is 1. The summed E-state index contributed by atoms with van der Waals surface area (Å²) in [6.07, 6.45) is 0.906. The maximum atomic E-state index is 12.3. The predicted octanol–water partition coefficient (Wildman–Crippen LogP) is 4.43. The number of hydrogen-bond acceptors (Lipinski definition) is 3. The molecule has 0 fully saturated rings. The van der Waals surface area contributed by atoms with Crippen molar-refractivity contribution in [3.8, 4) is 0 Å². The molecule has 0 saturated heterocycles. The zero-order valence-electron chi connectivity index (χ0n) is 9.67. The summed E-state index contributed by atoms with van der Waals surface area (Å²) in [4.78, 5) is 14.1.